The lowest BCUT2D eigenvalue weighted by atomic mass is 10.0. The highest BCUT2D eigenvalue weighted by Gasteiger charge is 2.32. The molecule has 0 radical (unpaired) electrons. The molecule has 0 unspecified atom stereocenters. The molecule has 49 heavy (non-hydrogen) atoms. The number of likely N-dealkylation sites (tertiary alicyclic amines) is 1. The highest BCUT2D eigenvalue weighted by Crippen LogP contribution is 2.39. The second-order valence-corrected chi connectivity index (χ2v) is 14.1. The normalized spacial score (nSPS) is 13.8. The number of likely N-dealkylation sites (N-methyl/N-ethyl adjacent to an activating group) is 1. The molecule has 1 saturated heterocycles. The zero-order valence-electron chi connectivity index (χ0n) is 26.8. The number of piperidine rings is 1. The number of halogens is 4. The van der Waals surface area contributed by atoms with Crippen molar-refractivity contribution in [2.75, 3.05) is 57.6 Å². The maximum absolute atomic E-state index is 14.9. The minimum absolute atomic E-state index is 0.0141. The number of nitrogens with zero attached hydrogens (tertiary/aromatic N) is 3. The number of sulfonamides is 1. The molecule has 11 nitrogen and oxygen atoms in total. The zero-order chi connectivity index (χ0) is 35.9. The highest BCUT2D eigenvalue weighted by molar-refractivity contribution is 7.90. The molecule has 0 atom stereocenters. The van der Waals surface area contributed by atoms with Gasteiger partial charge >= 0.3 is 12.9 Å². The van der Waals surface area contributed by atoms with E-state index in [1.165, 1.54) is 0 Å². The molecule has 3 N–H and O–H groups in total. The maximum Gasteiger partial charge on any atom is 0.393 e. The third-order valence-electron chi connectivity index (χ3n) is 7.31. The number of amides is 2. The van der Waals surface area contributed by atoms with Crippen molar-refractivity contribution < 1.29 is 40.3 Å². The molecule has 1 aliphatic heterocycles. The molecule has 2 aromatic carbocycles. The number of carbonyl (C=O) groups excluding carboxylic acids is 2. The largest absolute Gasteiger partial charge is 0.424 e. The summed E-state index contributed by atoms with van der Waals surface area (Å²) in [6.45, 7) is 8.62. The van der Waals surface area contributed by atoms with Gasteiger partial charge in [-0.15, -0.1) is 11.3 Å². The van der Waals surface area contributed by atoms with Gasteiger partial charge in [-0.3, -0.25) is 14.4 Å². The van der Waals surface area contributed by atoms with E-state index in [4.69, 9.17) is 11.3 Å². The summed E-state index contributed by atoms with van der Waals surface area (Å²) in [6, 6.07) is 6.72. The van der Waals surface area contributed by atoms with E-state index in [2.05, 4.69) is 27.3 Å². The Morgan fingerprint density at radius 2 is 1.90 bits per heavy atom. The van der Waals surface area contributed by atoms with E-state index < -0.39 is 46.0 Å². The van der Waals surface area contributed by atoms with Crippen molar-refractivity contribution in [3.05, 3.63) is 58.0 Å². The highest BCUT2D eigenvalue weighted by atomic mass is 32.2. The van der Waals surface area contributed by atoms with Gasteiger partial charge < -0.3 is 25.2 Å². The minimum Gasteiger partial charge on any atom is -0.424 e. The van der Waals surface area contributed by atoms with Gasteiger partial charge in [0, 0.05) is 38.2 Å². The number of thiophene rings is 1. The van der Waals surface area contributed by atoms with Crippen LogP contribution in [0.15, 0.2) is 35.2 Å². The number of alkyl halides is 3. The van der Waals surface area contributed by atoms with Crippen molar-refractivity contribution in [2.45, 2.75) is 43.3 Å². The molecule has 262 valence electrons. The molecule has 0 aliphatic carbocycles. The fourth-order valence-electron chi connectivity index (χ4n) is 5.23. The fourth-order valence-corrected chi connectivity index (χ4v) is 7.47. The Balaban J connectivity index is 1.57. The van der Waals surface area contributed by atoms with Gasteiger partial charge in [-0.1, -0.05) is 24.0 Å². The Morgan fingerprint density at radius 3 is 2.53 bits per heavy atom. The van der Waals surface area contributed by atoms with Gasteiger partial charge in [0.25, 0.3) is 10.0 Å². The molecule has 0 saturated carbocycles. The van der Waals surface area contributed by atoms with Crippen LogP contribution in [-0.2, 0) is 26.0 Å². The third-order valence-corrected chi connectivity index (χ3v) is 9.95. The first-order chi connectivity index (χ1) is 23.1. The first-order valence-electron chi connectivity index (χ1n) is 14.9. The van der Waals surface area contributed by atoms with Crippen molar-refractivity contribution in [1.82, 2.24) is 14.5 Å². The minimum atomic E-state index is -4.57. The molecule has 0 spiro atoms. The van der Waals surface area contributed by atoms with E-state index in [-0.39, 0.29) is 40.4 Å². The summed E-state index contributed by atoms with van der Waals surface area (Å²) >= 11 is 1.11. The summed E-state index contributed by atoms with van der Waals surface area (Å²) < 4.78 is 88.3. The molecule has 1 aromatic heterocycles. The summed E-state index contributed by atoms with van der Waals surface area (Å²) in [5, 5.41) is 6.62. The molecule has 3 aromatic rings. The van der Waals surface area contributed by atoms with E-state index in [1.807, 2.05) is 23.9 Å². The molecular formula is C32H34F4N6O5S2. The summed E-state index contributed by atoms with van der Waals surface area (Å²) in [4.78, 5) is 29.7. The van der Waals surface area contributed by atoms with Crippen molar-refractivity contribution in [3.63, 3.8) is 0 Å². The number of carbonyl (C=O) groups is 2. The molecular weight excluding hydrogens is 689 g/mol. The van der Waals surface area contributed by atoms with Gasteiger partial charge in [-0.05, 0) is 44.0 Å². The number of hydrogen-bond donors (Lipinski definition) is 3. The second kappa shape index (κ2) is 15.8. The average Bonchev–Trinajstić information content (AvgIpc) is 3.34. The van der Waals surface area contributed by atoms with Crippen LogP contribution in [0.3, 0.4) is 0 Å². The van der Waals surface area contributed by atoms with Crippen LogP contribution in [0.2, 0.25) is 0 Å². The Hall–Kier alpha value is -4.58. The first kappa shape index (κ1) is 37.2. The second-order valence-electron chi connectivity index (χ2n) is 11.4. The van der Waals surface area contributed by atoms with Gasteiger partial charge in [-0.25, -0.2) is 24.1 Å². The summed E-state index contributed by atoms with van der Waals surface area (Å²) in [5.41, 5.74) is 0.624. The third kappa shape index (κ3) is 9.97. The summed E-state index contributed by atoms with van der Waals surface area (Å²) in [6.07, 6.45) is -4.36. The van der Waals surface area contributed by atoms with Gasteiger partial charge in [0.2, 0.25) is 11.8 Å². The van der Waals surface area contributed by atoms with Crippen molar-refractivity contribution in [2.24, 2.45) is 0 Å². The lowest BCUT2D eigenvalue weighted by Gasteiger charge is -2.33. The van der Waals surface area contributed by atoms with E-state index in [0.717, 1.165) is 30.4 Å². The van der Waals surface area contributed by atoms with Crippen LogP contribution >= 0.6 is 11.3 Å². The SMILES string of the molecule is [C-]#[N+]COc1cc(S(=O)(=O)NC(C)=O)c(F)cc1NCC#Cc1sc2c(NC3CCN(C(=O)CN(C)C)CC3)cccc2c1CC(F)(F)F. The zero-order valence-corrected chi connectivity index (χ0v) is 28.5. The molecule has 1 fully saturated rings. The molecule has 17 heteroatoms. The molecule has 2 amide bonds. The first-order valence-corrected chi connectivity index (χ1v) is 17.2. The Labute approximate surface area is 285 Å². The predicted octanol–water partition coefficient (Wildman–Crippen LogP) is 4.65. The Morgan fingerprint density at radius 1 is 1.18 bits per heavy atom. The van der Waals surface area contributed by atoms with Crippen LogP contribution < -0.4 is 20.1 Å². The van der Waals surface area contributed by atoms with Crippen LogP contribution in [0.25, 0.3) is 14.9 Å². The van der Waals surface area contributed by atoms with Crippen molar-refractivity contribution >= 4 is 54.6 Å². The number of benzene rings is 2. The molecule has 4 rings (SSSR count). The number of nitrogens with one attached hydrogen (secondary N) is 3. The monoisotopic (exact) mass is 722 g/mol. The van der Waals surface area contributed by atoms with Crippen LogP contribution in [0.5, 0.6) is 5.75 Å². The average molecular weight is 723 g/mol. The van der Waals surface area contributed by atoms with E-state index in [1.54, 1.807) is 22.9 Å². The standard InChI is InChI=1S/C32H34F4N6O5S2/c1-20(43)40-49(45,46)29-16-27(47-19-37-2)26(15-24(29)33)38-12-6-9-28-23(17-32(34,35)36)22-7-5-8-25(31(22)48-28)39-21-10-13-42(14-11-21)30(44)18-41(3)4/h5,7-8,15-16,21,38-39H,10-14,17-19H2,1,3-4H3,(H,40,43). The molecule has 0 bridgehead atoms. The van der Waals surface area contributed by atoms with Crippen LogP contribution in [0.1, 0.15) is 30.2 Å². The molecule has 1 aliphatic rings. The number of rotatable bonds is 11. The smallest absolute Gasteiger partial charge is 0.393 e. The van der Waals surface area contributed by atoms with Crippen molar-refractivity contribution in [1.29, 1.82) is 0 Å². The van der Waals surface area contributed by atoms with Gasteiger partial charge in [0.1, 0.15) is 10.7 Å². The van der Waals surface area contributed by atoms with Gasteiger partial charge in [-0.2, -0.15) is 13.2 Å². The van der Waals surface area contributed by atoms with E-state index >= 15 is 0 Å². The van der Waals surface area contributed by atoms with E-state index in [0.29, 0.717) is 48.2 Å². The van der Waals surface area contributed by atoms with Crippen molar-refractivity contribution in [3.8, 4) is 17.6 Å². The van der Waals surface area contributed by atoms with Crippen LogP contribution in [0.4, 0.5) is 28.9 Å². The Kier molecular flexibility index (Phi) is 12.0. The number of hydrogen-bond acceptors (Lipinski definition) is 9. The number of anilines is 2. The van der Waals surface area contributed by atoms with Crippen LogP contribution in [0, 0.1) is 24.2 Å². The predicted molar refractivity (Wildman–Crippen MR) is 178 cm³/mol. The number of fused-ring (bicyclic) bond motifs is 1. The lowest BCUT2D eigenvalue weighted by Crippen LogP contribution is -2.45. The lowest BCUT2D eigenvalue weighted by molar-refractivity contribution is -0.132. The quantitative estimate of drug-likeness (QED) is 0.149. The topological polar surface area (TPSA) is 124 Å². The maximum atomic E-state index is 14.9. The van der Waals surface area contributed by atoms with Gasteiger partial charge in [0.15, 0.2) is 5.75 Å². The van der Waals surface area contributed by atoms with Crippen LogP contribution in [-0.4, -0.2) is 89.3 Å². The Bertz CT molecular complexity index is 1920. The molecule has 2 heterocycles. The summed E-state index contributed by atoms with van der Waals surface area (Å²) in [7, 11) is -0.916. The fraction of sp³-hybridized carbons (Fsp3) is 0.406. The van der Waals surface area contributed by atoms with E-state index in [9.17, 15) is 35.6 Å². The van der Waals surface area contributed by atoms with Gasteiger partial charge in [0.05, 0.1) is 40.5 Å². The summed E-state index contributed by atoms with van der Waals surface area (Å²) in [5.74, 6) is 3.21. The number of ether oxygens (including phenoxy) is 1.